The lowest BCUT2D eigenvalue weighted by Crippen LogP contribution is -2.02. The molecule has 9 heavy (non-hydrogen) atoms. The van der Waals surface area contributed by atoms with Crippen LogP contribution in [-0.4, -0.2) is 5.92 Å². The van der Waals surface area contributed by atoms with Crippen LogP contribution in [0.1, 0.15) is 26.7 Å². The van der Waals surface area contributed by atoms with E-state index in [0.717, 1.165) is 6.42 Å². The maximum atomic E-state index is 12.2. The van der Waals surface area contributed by atoms with Crippen molar-refractivity contribution in [3.05, 3.63) is 0 Å². The Labute approximate surface area is 54.3 Å². The summed E-state index contributed by atoms with van der Waals surface area (Å²) in [7, 11) is 0. The molecule has 1 rings (SSSR count). The Morgan fingerprint density at radius 1 is 1.67 bits per heavy atom. The number of alkyl halides is 2. The molecule has 2 heteroatoms. The maximum Gasteiger partial charge on any atom is 0.251 e. The van der Waals surface area contributed by atoms with E-state index in [1.807, 2.05) is 13.8 Å². The summed E-state index contributed by atoms with van der Waals surface area (Å²) in [5, 5.41) is 0. The zero-order chi connectivity index (χ0) is 7.07. The standard InChI is InChI=1S/C7H12F2/c1-3-5(2)6-4-7(6,8)9/h5-6H,3-4H2,1-2H3. The van der Waals surface area contributed by atoms with Gasteiger partial charge in [-0.15, -0.1) is 0 Å². The fourth-order valence-electron chi connectivity index (χ4n) is 1.14. The Balaban J connectivity index is 2.33. The van der Waals surface area contributed by atoms with E-state index in [9.17, 15) is 8.78 Å². The second-order valence-corrected chi connectivity index (χ2v) is 2.96. The fraction of sp³-hybridized carbons (Fsp3) is 1.00. The van der Waals surface area contributed by atoms with Gasteiger partial charge in [-0.1, -0.05) is 20.3 Å². The third-order valence-corrected chi connectivity index (χ3v) is 2.21. The predicted molar refractivity (Wildman–Crippen MR) is 32.5 cm³/mol. The van der Waals surface area contributed by atoms with Crippen LogP contribution in [0.15, 0.2) is 0 Å². The van der Waals surface area contributed by atoms with Gasteiger partial charge in [-0.25, -0.2) is 8.78 Å². The van der Waals surface area contributed by atoms with Gasteiger partial charge in [-0.2, -0.15) is 0 Å². The molecule has 0 N–H and O–H groups in total. The van der Waals surface area contributed by atoms with Gasteiger partial charge in [0.25, 0.3) is 5.92 Å². The van der Waals surface area contributed by atoms with E-state index in [-0.39, 0.29) is 18.3 Å². The quantitative estimate of drug-likeness (QED) is 0.544. The molecule has 2 atom stereocenters. The topological polar surface area (TPSA) is 0 Å². The summed E-state index contributed by atoms with van der Waals surface area (Å²) in [6.07, 6.45) is 1.00. The van der Waals surface area contributed by atoms with Crippen molar-refractivity contribution in [2.75, 3.05) is 0 Å². The van der Waals surface area contributed by atoms with Crippen LogP contribution in [-0.2, 0) is 0 Å². The fourth-order valence-corrected chi connectivity index (χ4v) is 1.14. The minimum Gasteiger partial charge on any atom is -0.207 e. The summed E-state index contributed by atoms with van der Waals surface area (Å²) in [6.45, 7) is 3.85. The van der Waals surface area contributed by atoms with E-state index in [4.69, 9.17) is 0 Å². The molecule has 0 aromatic heterocycles. The molecule has 1 saturated carbocycles. The number of hydrogen-bond donors (Lipinski definition) is 0. The van der Waals surface area contributed by atoms with Gasteiger partial charge in [-0.3, -0.25) is 0 Å². The minimum absolute atomic E-state index is 0.127. The van der Waals surface area contributed by atoms with E-state index >= 15 is 0 Å². The molecule has 0 bridgehead atoms. The first-order valence-electron chi connectivity index (χ1n) is 3.45. The Kier molecular flexibility index (Phi) is 1.49. The summed E-state index contributed by atoms with van der Waals surface area (Å²) < 4.78 is 24.5. The first-order chi connectivity index (χ1) is 4.08. The monoisotopic (exact) mass is 134 g/mol. The van der Waals surface area contributed by atoms with Crippen LogP contribution < -0.4 is 0 Å². The van der Waals surface area contributed by atoms with E-state index in [1.54, 1.807) is 0 Å². The van der Waals surface area contributed by atoms with Crippen LogP contribution in [0.4, 0.5) is 8.78 Å². The highest BCUT2D eigenvalue weighted by Gasteiger charge is 2.58. The van der Waals surface area contributed by atoms with Gasteiger partial charge in [0, 0.05) is 12.3 Å². The van der Waals surface area contributed by atoms with Crippen molar-refractivity contribution in [2.45, 2.75) is 32.6 Å². The van der Waals surface area contributed by atoms with Gasteiger partial charge in [0.2, 0.25) is 0 Å². The van der Waals surface area contributed by atoms with Gasteiger partial charge in [0.05, 0.1) is 0 Å². The van der Waals surface area contributed by atoms with Gasteiger partial charge in [0.1, 0.15) is 0 Å². The molecule has 0 aromatic rings. The van der Waals surface area contributed by atoms with E-state index < -0.39 is 5.92 Å². The highest BCUT2D eigenvalue weighted by atomic mass is 19.3. The Bertz CT molecular complexity index is 109. The molecule has 0 nitrogen and oxygen atoms in total. The lowest BCUT2D eigenvalue weighted by atomic mass is 10.0. The van der Waals surface area contributed by atoms with Gasteiger partial charge < -0.3 is 0 Å². The van der Waals surface area contributed by atoms with E-state index in [0.29, 0.717) is 0 Å². The Hall–Kier alpha value is -0.140. The van der Waals surface area contributed by atoms with E-state index in [2.05, 4.69) is 0 Å². The normalized spacial score (nSPS) is 34.0. The molecular formula is C7H12F2. The van der Waals surface area contributed by atoms with Gasteiger partial charge in [-0.05, 0) is 5.92 Å². The van der Waals surface area contributed by atoms with Crippen molar-refractivity contribution < 1.29 is 8.78 Å². The van der Waals surface area contributed by atoms with Crippen LogP contribution in [0, 0.1) is 11.8 Å². The van der Waals surface area contributed by atoms with Crippen LogP contribution in [0.2, 0.25) is 0 Å². The average Bonchev–Trinajstić information content (AvgIpc) is 2.38. The molecule has 0 heterocycles. The molecule has 0 spiro atoms. The summed E-state index contributed by atoms with van der Waals surface area (Å²) >= 11 is 0. The summed E-state index contributed by atoms with van der Waals surface area (Å²) in [5.74, 6) is -2.41. The lowest BCUT2D eigenvalue weighted by Gasteiger charge is -2.04. The zero-order valence-electron chi connectivity index (χ0n) is 5.82. The summed E-state index contributed by atoms with van der Waals surface area (Å²) in [4.78, 5) is 0. The molecule has 0 radical (unpaired) electrons. The molecule has 0 aromatic carbocycles. The average molecular weight is 134 g/mol. The smallest absolute Gasteiger partial charge is 0.207 e. The number of hydrogen-bond acceptors (Lipinski definition) is 0. The largest absolute Gasteiger partial charge is 0.251 e. The highest BCUT2D eigenvalue weighted by molar-refractivity contribution is 4.97. The van der Waals surface area contributed by atoms with Crippen LogP contribution in [0.25, 0.3) is 0 Å². The van der Waals surface area contributed by atoms with Gasteiger partial charge in [0.15, 0.2) is 0 Å². The molecule has 2 unspecified atom stereocenters. The predicted octanol–water partition coefficient (Wildman–Crippen LogP) is 2.69. The Morgan fingerprint density at radius 3 is 2.22 bits per heavy atom. The molecule has 1 fully saturated rings. The Morgan fingerprint density at radius 2 is 2.11 bits per heavy atom. The molecule has 1 aliphatic carbocycles. The van der Waals surface area contributed by atoms with E-state index in [1.165, 1.54) is 0 Å². The van der Waals surface area contributed by atoms with Crippen LogP contribution >= 0.6 is 0 Å². The first kappa shape index (κ1) is 6.97. The van der Waals surface area contributed by atoms with Crippen molar-refractivity contribution in [2.24, 2.45) is 11.8 Å². The molecule has 0 aliphatic heterocycles. The third kappa shape index (κ3) is 1.22. The molecule has 0 saturated heterocycles. The third-order valence-electron chi connectivity index (χ3n) is 2.21. The van der Waals surface area contributed by atoms with Crippen molar-refractivity contribution in [3.8, 4) is 0 Å². The second kappa shape index (κ2) is 1.93. The molecule has 54 valence electrons. The van der Waals surface area contributed by atoms with Crippen molar-refractivity contribution >= 4 is 0 Å². The molecule has 1 aliphatic rings. The number of rotatable bonds is 2. The summed E-state index contributed by atoms with van der Waals surface area (Å²) in [5.41, 5.74) is 0. The summed E-state index contributed by atoms with van der Waals surface area (Å²) in [6, 6.07) is 0. The zero-order valence-corrected chi connectivity index (χ0v) is 5.82. The first-order valence-corrected chi connectivity index (χ1v) is 3.45. The van der Waals surface area contributed by atoms with Gasteiger partial charge >= 0.3 is 0 Å². The minimum atomic E-state index is -2.31. The molecular weight excluding hydrogens is 122 g/mol. The highest BCUT2D eigenvalue weighted by Crippen LogP contribution is 2.53. The van der Waals surface area contributed by atoms with Crippen LogP contribution in [0.3, 0.4) is 0 Å². The maximum absolute atomic E-state index is 12.2. The van der Waals surface area contributed by atoms with Crippen molar-refractivity contribution in [1.82, 2.24) is 0 Å². The van der Waals surface area contributed by atoms with Crippen LogP contribution in [0.5, 0.6) is 0 Å². The number of halogens is 2. The lowest BCUT2D eigenvalue weighted by molar-refractivity contribution is 0.0863. The SMILES string of the molecule is CCC(C)C1CC1(F)F. The second-order valence-electron chi connectivity index (χ2n) is 2.96. The van der Waals surface area contributed by atoms with Crippen molar-refractivity contribution in [1.29, 1.82) is 0 Å². The van der Waals surface area contributed by atoms with Crippen molar-refractivity contribution in [3.63, 3.8) is 0 Å². The molecule has 0 amide bonds.